The van der Waals surface area contributed by atoms with Crippen molar-refractivity contribution in [3.8, 4) is 5.75 Å². The Bertz CT molecular complexity index is 1070. The van der Waals surface area contributed by atoms with Crippen LogP contribution in [0.25, 0.3) is 11.0 Å². The molecule has 31 heavy (non-hydrogen) atoms. The maximum Gasteiger partial charge on any atom is 0.287 e. The van der Waals surface area contributed by atoms with Crippen LogP contribution >= 0.6 is 11.6 Å². The minimum Gasteiger partial charge on any atom is -0.483 e. The average molecular weight is 443 g/mol. The topological polar surface area (TPSA) is 89.8 Å². The number of nitrogens with one attached hydrogen (secondary N) is 2. The molecule has 7 nitrogen and oxygen atoms in total. The molecular formula is C23H23ClN2O5. The molecule has 1 fully saturated rings. The van der Waals surface area contributed by atoms with Gasteiger partial charge in [-0.3, -0.25) is 9.59 Å². The third-order valence-corrected chi connectivity index (χ3v) is 5.26. The summed E-state index contributed by atoms with van der Waals surface area (Å²) in [5.41, 5.74) is 1.34. The highest BCUT2D eigenvalue weighted by Gasteiger charge is 2.17. The van der Waals surface area contributed by atoms with Gasteiger partial charge >= 0.3 is 0 Å². The molecule has 0 saturated carbocycles. The van der Waals surface area contributed by atoms with Crippen LogP contribution in [-0.2, 0) is 16.1 Å². The molecule has 1 atom stereocenters. The highest BCUT2D eigenvalue weighted by atomic mass is 35.5. The van der Waals surface area contributed by atoms with Crippen LogP contribution in [0.15, 0.2) is 52.9 Å². The summed E-state index contributed by atoms with van der Waals surface area (Å²) in [6.45, 7) is 1.35. The van der Waals surface area contributed by atoms with Crippen LogP contribution in [0.3, 0.4) is 0 Å². The van der Waals surface area contributed by atoms with E-state index in [2.05, 4.69) is 10.6 Å². The summed E-state index contributed by atoms with van der Waals surface area (Å²) in [7, 11) is 0. The summed E-state index contributed by atoms with van der Waals surface area (Å²) < 4.78 is 16.7. The number of amides is 2. The number of ether oxygens (including phenoxy) is 2. The van der Waals surface area contributed by atoms with Crippen molar-refractivity contribution in [2.75, 3.05) is 19.8 Å². The van der Waals surface area contributed by atoms with Gasteiger partial charge in [-0.2, -0.15) is 0 Å². The van der Waals surface area contributed by atoms with Crippen LogP contribution in [0, 0.1) is 0 Å². The second-order valence-electron chi connectivity index (χ2n) is 7.31. The summed E-state index contributed by atoms with van der Waals surface area (Å²) >= 11 is 5.98. The van der Waals surface area contributed by atoms with Crippen LogP contribution < -0.4 is 15.4 Å². The number of fused-ring (bicyclic) bond motifs is 1. The van der Waals surface area contributed by atoms with Gasteiger partial charge in [0, 0.05) is 35.7 Å². The Labute approximate surface area is 184 Å². The first-order valence-corrected chi connectivity index (χ1v) is 10.5. The van der Waals surface area contributed by atoms with Gasteiger partial charge in [-0.25, -0.2) is 0 Å². The monoisotopic (exact) mass is 442 g/mol. The fourth-order valence-electron chi connectivity index (χ4n) is 3.41. The molecule has 0 radical (unpaired) electrons. The van der Waals surface area contributed by atoms with E-state index in [1.807, 2.05) is 18.2 Å². The van der Waals surface area contributed by atoms with Gasteiger partial charge in [-0.15, -0.1) is 0 Å². The largest absolute Gasteiger partial charge is 0.483 e. The molecule has 4 rings (SSSR count). The molecule has 2 amide bonds. The van der Waals surface area contributed by atoms with E-state index in [-0.39, 0.29) is 36.8 Å². The lowest BCUT2D eigenvalue weighted by molar-refractivity contribution is -0.123. The molecule has 8 heteroatoms. The van der Waals surface area contributed by atoms with Gasteiger partial charge in [0.25, 0.3) is 11.8 Å². The Balaban J connectivity index is 1.31. The number of para-hydroxylation sites is 1. The van der Waals surface area contributed by atoms with Gasteiger partial charge < -0.3 is 24.5 Å². The van der Waals surface area contributed by atoms with Crippen molar-refractivity contribution in [3.05, 3.63) is 64.9 Å². The van der Waals surface area contributed by atoms with Crippen LogP contribution in [0.5, 0.6) is 5.75 Å². The molecule has 0 unspecified atom stereocenters. The predicted molar refractivity (Wildman–Crippen MR) is 116 cm³/mol. The Morgan fingerprint density at radius 1 is 1.13 bits per heavy atom. The van der Waals surface area contributed by atoms with Crippen molar-refractivity contribution in [2.24, 2.45) is 0 Å². The molecule has 2 heterocycles. The third-order valence-electron chi connectivity index (χ3n) is 5.02. The molecule has 1 aliphatic rings. The predicted octanol–water partition coefficient (Wildman–Crippen LogP) is 3.69. The van der Waals surface area contributed by atoms with Gasteiger partial charge in [0.05, 0.1) is 6.10 Å². The Kier molecular flexibility index (Phi) is 6.74. The lowest BCUT2D eigenvalue weighted by Crippen LogP contribution is -2.35. The molecule has 0 bridgehead atoms. The second-order valence-corrected chi connectivity index (χ2v) is 7.75. The van der Waals surface area contributed by atoms with E-state index in [0.29, 0.717) is 22.9 Å². The van der Waals surface area contributed by atoms with Gasteiger partial charge in [-0.05, 0) is 43.2 Å². The summed E-state index contributed by atoms with van der Waals surface area (Å²) in [6, 6.07) is 14.1. The molecule has 0 spiro atoms. The summed E-state index contributed by atoms with van der Waals surface area (Å²) in [5, 5.41) is 6.98. The number of carbonyl (C=O) groups is 2. The Morgan fingerprint density at radius 2 is 2.00 bits per heavy atom. The van der Waals surface area contributed by atoms with Crippen molar-refractivity contribution < 1.29 is 23.5 Å². The number of hydrogen-bond acceptors (Lipinski definition) is 5. The molecule has 1 saturated heterocycles. The first kappa shape index (κ1) is 21.2. The summed E-state index contributed by atoms with van der Waals surface area (Å²) in [5.74, 6) is 0.169. The van der Waals surface area contributed by atoms with Gasteiger partial charge in [-0.1, -0.05) is 29.8 Å². The van der Waals surface area contributed by atoms with Gasteiger partial charge in [0.15, 0.2) is 12.4 Å². The molecule has 1 aliphatic heterocycles. The number of furan rings is 1. The summed E-state index contributed by atoms with van der Waals surface area (Å²) in [4.78, 5) is 24.6. The zero-order valence-corrected chi connectivity index (χ0v) is 17.6. The van der Waals surface area contributed by atoms with Crippen LogP contribution in [-0.4, -0.2) is 37.7 Å². The van der Waals surface area contributed by atoms with E-state index in [1.54, 1.807) is 30.3 Å². The van der Waals surface area contributed by atoms with Crippen molar-refractivity contribution in [3.63, 3.8) is 0 Å². The van der Waals surface area contributed by atoms with Crippen molar-refractivity contribution in [2.45, 2.75) is 25.5 Å². The van der Waals surface area contributed by atoms with Gasteiger partial charge in [0.2, 0.25) is 0 Å². The SMILES string of the molecule is O=C(COc1ccccc1CNC(=O)c1cc2cc(Cl)ccc2o1)NC[C@H]1CCCO1. The van der Waals surface area contributed by atoms with Crippen molar-refractivity contribution >= 4 is 34.4 Å². The summed E-state index contributed by atoms with van der Waals surface area (Å²) in [6.07, 6.45) is 2.07. The van der Waals surface area contributed by atoms with Crippen LogP contribution in [0.4, 0.5) is 0 Å². The van der Waals surface area contributed by atoms with Crippen LogP contribution in [0.2, 0.25) is 5.02 Å². The van der Waals surface area contributed by atoms with E-state index in [1.165, 1.54) is 0 Å². The highest BCUT2D eigenvalue weighted by Crippen LogP contribution is 2.23. The van der Waals surface area contributed by atoms with Crippen molar-refractivity contribution in [1.82, 2.24) is 10.6 Å². The zero-order valence-electron chi connectivity index (χ0n) is 16.9. The molecule has 3 aromatic rings. The zero-order chi connectivity index (χ0) is 21.6. The lowest BCUT2D eigenvalue weighted by Gasteiger charge is -2.13. The minimum absolute atomic E-state index is 0.0840. The molecular weight excluding hydrogens is 420 g/mol. The highest BCUT2D eigenvalue weighted by molar-refractivity contribution is 6.31. The van der Waals surface area contributed by atoms with E-state index in [4.69, 9.17) is 25.5 Å². The maximum absolute atomic E-state index is 12.5. The lowest BCUT2D eigenvalue weighted by atomic mass is 10.2. The molecule has 1 aromatic heterocycles. The Hall–Kier alpha value is -3.03. The first-order chi connectivity index (χ1) is 15.1. The van der Waals surface area contributed by atoms with E-state index < -0.39 is 0 Å². The molecule has 0 aliphatic carbocycles. The number of hydrogen-bond donors (Lipinski definition) is 2. The smallest absolute Gasteiger partial charge is 0.287 e. The molecule has 2 aromatic carbocycles. The number of rotatable bonds is 8. The quantitative estimate of drug-likeness (QED) is 0.555. The van der Waals surface area contributed by atoms with Crippen molar-refractivity contribution in [1.29, 1.82) is 0 Å². The van der Waals surface area contributed by atoms with E-state index in [0.717, 1.165) is 30.4 Å². The number of benzene rings is 2. The number of halogens is 1. The maximum atomic E-state index is 12.5. The van der Waals surface area contributed by atoms with E-state index >= 15 is 0 Å². The third kappa shape index (κ3) is 5.57. The van der Waals surface area contributed by atoms with Gasteiger partial charge in [0.1, 0.15) is 11.3 Å². The standard InChI is InChI=1S/C23H23ClN2O5/c24-17-7-8-20-16(10-17)11-21(31-20)23(28)26-12-15-4-1-2-6-19(15)30-14-22(27)25-13-18-5-3-9-29-18/h1-2,4,6-8,10-11,18H,3,5,9,12-14H2,(H,25,27)(H,26,28)/t18-/m1/s1. The van der Waals surface area contributed by atoms with Crippen LogP contribution in [0.1, 0.15) is 29.0 Å². The second kappa shape index (κ2) is 9.85. The Morgan fingerprint density at radius 3 is 2.84 bits per heavy atom. The average Bonchev–Trinajstić information content (AvgIpc) is 3.44. The van der Waals surface area contributed by atoms with E-state index in [9.17, 15) is 9.59 Å². The molecule has 162 valence electrons. The number of carbonyl (C=O) groups excluding carboxylic acids is 2. The minimum atomic E-state index is -0.351. The fourth-order valence-corrected chi connectivity index (χ4v) is 3.59. The normalized spacial score (nSPS) is 15.7. The molecule has 2 N–H and O–H groups in total. The first-order valence-electron chi connectivity index (χ1n) is 10.1. The fraction of sp³-hybridized carbons (Fsp3) is 0.304.